The van der Waals surface area contributed by atoms with Crippen LogP contribution in [0.5, 0.6) is 0 Å². The third-order valence-corrected chi connectivity index (χ3v) is 8.86. The molecule has 0 spiro atoms. The summed E-state index contributed by atoms with van der Waals surface area (Å²) in [6.45, 7) is 0. The van der Waals surface area contributed by atoms with E-state index in [4.69, 9.17) is 9.97 Å². The van der Waals surface area contributed by atoms with Crippen LogP contribution in [0.3, 0.4) is 0 Å². The molecule has 9 rings (SSSR count). The largest absolute Gasteiger partial charge is 2.00 e. The van der Waals surface area contributed by atoms with Crippen LogP contribution in [0.2, 0.25) is 0 Å². The van der Waals surface area contributed by atoms with E-state index in [1.165, 1.54) is 16.5 Å². The van der Waals surface area contributed by atoms with Gasteiger partial charge in [0.1, 0.15) is 0 Å². The second kappa shape index (κ2) is 11.0. The molecule has 3 aromatic heterocycles. The van der Waals surface area contributed by atoms with Crippen molar-refractivity contribution in [2.75, 3.05) is 0 Å². The van der Waals surface area contributed by atoms with Gasteiger partial charge in [-0.25, -0.2) is 0 Å². The maximum Gasteiger partial charge on any atom is 2.00 e. The Bertz CT molecular complexity index is 2570. The van der Waals surface area contributed by atoms with Crippen molar-refractivity contribution in [3.8, 4) is 39.6 Å². The first-order chi connectivity index (χ1) is 22.1. The fraction of sp³-hybridized carbons (Fsp3) is 0.0500. The van der Waals surface area contributed by atoms with Crippen LogP contribution >= 0.6 is 0 Å². The molecule has 0 atom stereocenters. The van der Waals surface area contributed by atoms with Gasteiger partial charge in [-0.15, -0.1) is 53.6 Å². The molecule has 222 valence electrons. The summed E-state index contributed by atoms with van der Waals surface area (Å²) in [5, 5.41) is 2.30. The number of rotatable bonds is 4. The number of imidazole rings is 2. The molecule has 46 heavy (non-hydrogen) atoms. The van der Waals surface area contributed by atoms with Gasteiger partial charge in [0.2, 0.25) is 0 Å². The van der Waals surface area contributed by atoms with Crippen molar-refractivity contribution < 1.29 is 21.1 Å². The molecule has 0 bridgehead atoms. The predicted octanol–water partition coefficient (Wildman–Crippen LogP) is 9.16. The third-order valence-electron chi connectivity index (χ3n) is 8.86. The number of hydrogen-bond acceptors (Lipinski definition) is 2. The van der Waals surface area contributed by atoms with E-state index in [2.05, 4.69) is 149 Å². The first-order valence-corrected chi connectivity index (χ1v) is 15.1. The third kappa shape index (κ3) is 4.34. The molecule has 0 aliphatic carbocycles. The minimum Gasteiger partial charge on any atom is -0.367 e. The monoisotopic (exact) mass is 772 g/mol. The molecule has 0 N–H and O–H groups in total. The average molecular weight is 773 g/mol. The number of aryl methyl sites for hydroxylation is 2. The molecule has 0 fully saturated rings. The second-order valence-corrected chi connectivity index (χ2v) is 11.5. The minimum absolute atomic E-state index is 0. The number of para-hydroxylation sites is 4. The molecular formula is C40H27N5Pt. The molecule has 0 unspecified atom stereocenters. The summed E-state index contributed by atoms with van der Waals surface area (Å²) in [5.74, 6) is 1.77. The smallest absolute Gasteiger partial charge is 0.367 e. The Labute approximate surface area is 280 Å². The van der Waals surface area contributed by atoms with Crippen LogP contribution in [-0.4, -0.2) is 23.7 Å². The van der Waals surface area contributed by atoms with Crippen molar-refractivity contribution in [1.82, 2.24) is 23.7 Å². The summed E-state index contributed by atoms with van der Waals surface area (Å²) in [7, 11) is 4.13. The van der Waals surface area contributed by atoms with Gasteiger partial charge in [0.05, 0.1) is 33.7 Å². The number of fused-ring (bicyclic) bond motifs is 5. The average Bonchev–Trinajstić information content (AvgIpc) is 3.73. The van der Waals surface area contributed by atoms with Gasteiger partial charge in [0.15, 0.2) is 0 Å². The van der Waals surface area contributed by atoms with Crippen molar-refractivity contribution >= 4 is 43.9 Å². The van der Waals surface area contributed by atoms with Crippen LogP contribution in [0.1, 0.15) is 0 Å². The van der Waals surface area contributed by atoms with Crippen molar-refractivity contribution in [1.29, 1.82) is 0 Å². The van der Waals surface area contributed by atoms with E-state index in [0.717, 1.165) is 66.9 Å². The van der Waals surface area contributed by atoms with E-state index < -0.39 is 0 Å². The van der Waals surface area contributed by atoms with Gasteiger partial charge in [-0.2, -0.15) is 0 Å². The molecular weight excluding hydrogens is 746 g/mol. The van der Waals surface area contributed by atoms with E-state index in [-0.39, 0.29) is 21.1 Å². The van der Waals surface area contributed by atoms with Gasteiger partial charge in [0.25, 0.3) is 0 Å². The predicted molar refractivity (Wildman–Crippen MR) is 183 cm³/mol. The summed E-state index contributed by atoms with van der Waals surface area (Å²) in [5.41, 5.74) is 11.4. The Balaban J connectivity index is 0.00000312. The number of aromatic nitrogens is 5. The van der Waals surface area contributed by atoms with Crippen LogP contribution in [0, 0.1) is 12.1 Å². The van der Waals surface area contributed by atoms with E-state index >= 15 is 0 Å². The normalized spacial score (nSPS) is 11.5. The van der Waals surface area contributed by atoms with Gasteiger partial charge < -0.3 is 13.7 Å². The molecule has 0 amide bonds. The second-order valence-electron chi connectivity index (χ2n) is 11.5. The molecule has 3 heterocycles. The van der Waals surface area contributed by atoms with Crippen molar-refractivity contribution in [2.24, 2.45) is 14.1 Å². The fourth-order valence-electron chi connectivity index (χ4n) is 6.62. The van der Waals surface area contributed by atoms with E-state index in [0.29, 0.717) is 0 Å². The van der Waals surface area contributed by atoms with Crippen LogP contribution in [0.4, 0.5) is 0 Å². The van der Waals surface area contributed by atoms with Gasteiger partial charge in [-0.1, -0.05) is 72.1 Å². The standard InChI is InChI=1S/C40H27N5.Pt/c1-43-36-17-8-6-15-33(36)41-39(43)28-13-10-14-30(23-28)45-35-22-20-27(26-11-4-3-5-12-26)24-32(35)31-21-19-29(25-38(31)45)40-42-34-16-7-9-18-37(34)44(40)2;/h3-22,24H,1-2H3;/q-2;+2. The maximum absolute atomic E-state index is 4.99. The maximum atomic E-state index is 4.99. The quantitative estimate of drug-likeness (QED) is 0.168. The Morgan fingerprint density at radius 3 is 1.80 bits per heavy atom. The summed E-state index contributed by atoms with van der Waals surface area (Å²) in [6.07, 6.45) is 0. The topological polar surface area (TPSA) is 40.6 Å². The molecule has 9 aromatic rings. The molecule has 6 aromatic carbocycles. The van der Waals surface area contributed by atoms with Crippen molar-refractivity contribution in [3.05, 3.63) is 140 Å². The summed E-state index contributed by atoms with van der Waals surface area (Å²) in [6, 6.07) is 51.9. The van der Waals surface area contributed by atoms with Gasteiger partial charge >= 0.3 is 21.1 Å². The first-order valence-electron chi connectivity index (χ1n) is 15.1. The van der Waals surface area contributed by atoms with E-state index in [1.807, 2.05) is 18.2 Å². The Morgan fingerprint density at radius 2 is 1.13 bits per heavy atom. The van der Waals surface area contributed by atoms with Crippen LogP contribution < -0.4 is 0 Å². The molecule has 0 saturated carbocycles. The zero-order valence-corrected chi connectivity index (χ0v) is 27.4. The SMILES string of the molecule is Cn1c(-c2[c-]c(-n3c4[c-]c(-c5nc6ccccc6n5C)ccc4c4cc(-c5ccccc5)ccc43)ccc2)nc2ccccc21.[Pt+2]. The van der Waals surface area contributed by atoms with Crippen LogP contribution in [0.15, 0.2) is 127 Å². The molecule has 0 aliphatic rings. The number of nitrogens with zero attached hydrogens (tertiary/aromatic N) is 5. The Kier molecular flexibility index (Phi) is 6.74. The molecule has 0 radical (unpaired) electrons. The number of benzene rings is 6. The molecule has 0 saturated heterocycles. The first kappa shape index (κ1) is 28.2. The van der Waals surface area contributed by atoms with Gasteiger partial charge in [-0.3, -0.25) is 9.97 Å². The van der Waals surface area contributed by atoms with Gasteiger partial charge in [0, 0.05) is 19.6 Å². The van der Waals surface area contributed by atoms with E-state index in [1.54, 1.807) is 0 Å². The van der Waals surface area contributed by atoms with Crippen molar-refractivity contribution in [3.63, 3.8) is 0 Å². The molecule has 6 heteroatoms. The molecule has 5 nitrogen and oxygen atoms in total. The fourth-order valence-corrected chi connectivity index (χ4v) is 6.62. The zero-order valence-electron chi connectivity index (χ0n) is 25.2. The van der Waals surface area contributed by atoms with Crippen LogP contribution in [-0.2, 0) is 35.2 Å². The van der Waals surface area contributed by atoms with Crippen molar-refractivity contribution in [2.45, 2.75) is 0 Å². The van der Waals surface area contributed by atoms with E-state index in [9.17, 15) is 0 Å². The number of hydrogen-bond donors (Lipinski definition) is 0. The summed E-state index contributed by atoms with van der Waals surface area (Å²) in [4.78, 5) is 9.95. The zero-order chi connectivity index (χ0) is 30.1. The van der Waals surface area contributed by atoms with Crippen LogP contribution in [0.25, 0.3) is 83.5 Å². The van der Waals surface area contributed by atoms with Gasteiger partial charge in [-0.05, 0) is 58.0 Å². The summed E-state index contributed by atoms with van der Waals surface area (Å²) < 4.78 is 6.56. The minimum atomic E-state index is 0. The molecule has 0 aliphatic heterocycles. The Hall–Kier alpha value is -5.25. The summed E-state index contributed by atoms with van der Waals surface area (Å²) >= 11 is 0. The Morgan fingerprint density at radius 1 is 0.500 bits per heavy atom.